The molecular formula is C32H45NO3. The van der Waals surface area contributed by atoms with Gasteiger partial charge in [0.1, 0.15) is 0 Å². The lowest BCUT2D eigenvalue weighted by atomic mass is 9.34. The molecule has 4 heteroatoms. The maximum atomic E-state index is 13.5. The molecule has 1 amide bonds. The molecule has 0 spiro atoms. The van der Waals surface area contributed by atoms with Crippen molar-refractivity contribution in [1.29, 1.82) is 0 Å². The first-order chi connectivity index (χ1) is 16.7. The highest BCUT2D eigenvalue weighted by Crippen LogP contribution is 2.75. The Bertz CT molecular complexity index is 1170. The number of fused-ring (bicyclic) bond motifs is 7. The third kappa shape index (κ3) is 3.05. The van der Waals surface area contributed by atoms with Crippen LogP contribution in [0.5, 0.6) is 0 Å². The summed E-state index contributed by atoms with van der Waals surface area (Å²) in [6, 6.07) is 0. The van der Waals surface area contributed by atoms with Gasteiger partial charge in [0.15, 0.2) is 5.76 Å². The summed E-state index contributed by atoms with van der Waals surface area (Å²) in [5.74, 6) is 0.397. The summed E-state index contributed by atoms with van der Waals surface area (Å²) in [6.45, 7) is 16.7. The number of amides is 1. The van der Waals surface area contributed by atoms with E-state index >= 15 is 0 Å². The van der Waals surface area contributed by atoms with E-state index in [4.69, 9.17) is 0 Å². The lowest BCUT2D eigenvalue weighted by Gasteiger charge is -2.70. The van der Waals surface area contributed by atoms with E-state index in [2.05, 4.69) is 53.7 Å². The summed E-state index contributed by atoms with van der Waals surface area (Å²) >= 11 is 0. The van der Waals surface area contributed by atoms with E-state index in [1.165, 1.54) is 12.0 Å². The van der Waals surface area contributed by atoms with Crippen molar-refractivity contribution in [2.24, 2.45) is 33.0 Å². The zero-order valence-corrected chi connectivity index (χ0v) is 23.7. The summed E-state index contributed by atoms with van der Waals surface area (Å²) in [4.78, 5) is 28.1. The molecule has 4 nitrogen and oxygen atoms in total. The Hall–Kier alpha value is -2.10. The van der Waals surface area contributed by atoms with E-state index < -0.39 is 0 Å². The Labute approximate surface area is 217 Å². The fourth-order valence-electron chi connectivity index (χ4n) is 9.26. The second kappa shape index (κ2) is 7.71. The Kier molecular flexibility index (Phi) is 5.47. The Morgan fingerprint density at radius 2 is 1.69 bits per heavy atom. The predicted octanol–water partition coefficient (Wildman–Crippen LogP) is 7.09. The van der Waals surface area contributed by atoms with Crippen LogP contribution in [0.2, 0.25) is 0 Å². The molecule has 5 aliphatic rings. The van der Waals surface area contributed by atoms with Gasteiger partial charge in [0.2, 0.25) is 11.7 Å². The highest BCUT2D eigenvalue weighted by Gasteiger charge is 2.67. The van der Waals surface area contributed by atoms with Gasteiger partial charge in [0.05, 0.1) is 0 Å². The van der Waals surface area contributed by atoms with E-state index in [0.29, 0.717) is 17.4 Å². The first kappa shape index (κ1) is 25.5. The van der Waals surface area contributed by atoms with Gasteiger partial charge >= 0.3 is 0 Å². The number of aliphatic hydroxyl groups excluding tert-OH is 1. The molecule has 5 rings (SSSR count). The lowest BCUT2D eigenvalue weighted by Crippen LogP contribution is -2.62. The topological polar surface area (TPSA) is 57.6 Å². The van der Waals surface area contributed by atoms with Gasteiger partial charge in [0, 0.05) is 30.0 Å². The number of carbonyl (C=O) groups is 2. The molecular weight excluding hydrogens is 446 g/mol. The zero-order valence-electron chi connectivity index (χ0n) is 23.7. The molecule has 3 saturated carbocycles. The van der Waals surface area contributed by atoms with Gasteiger partial charge in [0.25, 0.3) is 0 Å². The van der Waals surface area contributed by atoms with Gasteiger partial charge in [-0.05, 0) is 98.2 Å². The van der Waals surface area contributed by atoms with Gasteiger partial charge in [-0.3, -0.25) is 9.59 Å². The van der Waals surface area contributed by atoms with Gasteiger partial charge in [-0.15, -0.1) is 0 Å². The van der Waals surface area contributed by atoms with Crippen LogP contribution >= 0.6 is 0 Å². The fourth-order valence-corrected chi connectivity index (χ4v) is 9.26. The van der Waals surface area contributed by atoms with Crippen LogP contribution in [0.3, 0.4) is 0 Å². The monoisotopic (exact) mass is 491 g/mol. The molecule has 5 aliphatic carbocycles. The number of allylic oxidation sites excluding steroid dienone is 7. The average Bonchev–Trinajstić information content (AvgIpc) is 2.85. The van der Waals surface area contributed by atoms with Crippen molar-refractivity contribution in [1.82, 2.24) is 4.90 Å². The molecule has 196 valence electrons. The van der Waals surface area contributed by atoms with Crippen LogP contribution in [-0.4, -0.2) is 35.3 Å². The van der Waals surface area contributed by atoms with Crippen molar-refractivity contribution in [2.45, 2.75) is 93.4 Å². The third-order valence-corrected chi connectivity index (χ3v) is 12.2. The molecule has 1 N–H and O–H groups in total. The molecule has 0 aromatic rings. The summed E-state index contributed by atoms with van der Waals surface area (Å²) in [5.41, 5.74) is 4.07. The van der Waals surface area contributed by atoms with Gasteiger partial charge in [-0.2, -0.15) is 0 Å². The molecule has 0 saturated heterocycles. The molecule has 0 aromatic heterocycles. The lowest BCUT2D eigenvalue weighted by molar-refractivity contribution is -0.173. The van der Waals surface area contributed by atoms with Crippen LogP contribution in [0.1, 0.15) is 93.4 Å². The normalized spacial score (nSPS) is 43.8. The molecule has 3 fully saturated rings. The number of rotatable bonds is 2. The summed E-state index contributed by atoms with van der Waals surface area (Å²) in [7, 11) is 1.95. The first-order valence-corrected chi connectivity index (χ1v) is 14.0. The SMILES string of the molecule is CCN(C)C(=O)[C@]1(C)CC[C@]2(C)CC[C@]3(C)C4=CC=C5C(=CC(=O)C(O)=C5C)[C@]4(C)CC[C@@]3(C)[C@@H]2C1. The summed E-state index contributed by atoms with van der Waals surface area (Å²) in [5, 5.41) is 10.3. The third-order valence-electron chi connectivity index (χ3n) is 12.2. The number of ketones is 1. The molecule has 36 heavy (non-hydrogen) atoms. The molecule has 0 aromatic carbocycles. The number of aliphatic hydroxyl groups is 1. The van der Waals surface area contributed by atoms with Crippen LogP contribution in [0, 0.1) is 33.0 Å². The largest absolute Gasteiger partial charge is 0.504 e. The second-order valence-electron chi connectivity index (χ2n) is 13.9. The summed E-state index contributed by atoms with van der Waals surface area (Å²) < 4.78 is 0. The fraction of sp³-hybridized carbons (Fsp3) is 0.688. The Balaban J connectivity index is 1.60. The minimum absolute atomic E-state index is 0.00877. The van der Waals surface area contributed by atoms with Crippen molar-refractivity contribution in [3.8, 4) is 0 Å². The number of hydrogen-bond donors (Lipinski definition) is 1. The Morgan fingerprint density at radius 3 is 2.36 bits per heavy atom. The van der Waals surface area contributed by atoms with Gasteiger partial charge < -0.3 is 10.0 Å². The number of nitrogens with zero attached hydrogens (tertiary/aromatic N) is 1. The van der Waals surface area contributed by atoms with Crippen molar-refractivity contribution in [2.75, 3.05) is 13.6 Å². The standard InChI is InChI=1S/C32H45NO3/c1-9-33(8)27(36)29(4)13-12-28(3)14-16-31(6)24-11-10-21-20(2)26(35)23(34)18-22(21)30(24,5)15-17-32(31,7)25(28)19-29/h10-11,18,25,35H,9,12-17,19H2,1-8H3/t25-,28-,29-,30+,31-,32+/m1/s1. The van der Waals surface area contributed by atoms with Gasteiger partial charge in [-0.25, -0.2) is 0 Å². The van der Waals surface area contributed by atoms with Crippen molar-refractivity contribution < 1.29 is 14.7 Å². The van der Waals surface area contributed by atoms with E-state index in [0.717, 1.165) is 56.2 Å². The summed E-state index contributed by atoms with van der Waals surface area (Å²) in [6.07, 6.45) is 13.6. The van der Waals surface area contributed by atoms with Crippen LogP contribution in [-0.2, 0) is 9.59 Å². The smallest absolute Gasteiger partial charge is 0.228 e. The van der Waals surface area contributed by atoms with E-state index in [1.54, 1.807) is 6.08 Å². The minimum atomic E-state index is -0.303. The van der Waals surface area contributed by atoms with Crippen LogP contribution < -0.4 is 0 Å². The zero-order chi connectivity index (χ0) is 26.5. The van der Waals surface area contributed by atoms with Crippen LogP contribution in [0.4, 0.5) is 0 Å². The maximum Gasteiger partial charge on any atom is 0.228 e. The molecule has 0 heterocycles. The molecule has 6 atom stereocenters. The number of hydrogen-bond acceptors (Lipinski definition) is 3. The van der Waals surface area contributed by atoms with E-state index in [9.17, 15) is 14.7 Å². The van der Waals surface area contributed by atoms with Crippen molar-refractivity contribution in [3.05, 3.63) is 46.3 Å². The first-order valence-electron chi connectivity index (χ1n) is 14.0. The van der Waals surface area contributed by atoms with Crippen molar-refractivity contribution >= 4 is 11.7 Å². The van der Waals surface area contributed by atoms with Crippen LogP contribution in [0.25, 0.3) is 0 Å². The molecule has 0 aliphatic heterocycles. The maximum absolute atomic E-state index is 13.5. The minimum Gasteiger partial charge on any atom is -0.504 e. The predicted molar refractivity (Wildman–Crippen MR) is 144 cm³/mol. The Morgan fingerprint density at radius 1 is 1.03 bits per heavy atom. The number of carbonyl (C=O) groups excluding carboxylic acids is 2. The second-order valence-corrected chi connectivity index (χ2v) is 13.9. The molecule has 0 unspecified atom stereocenters. The quantitative estimate of drug-likeness (QED) is 0.448. The van der Waals surface area contributed by atoms with Crippen LogP contribution in [0.15, 0.2) is 46.3 Å². The van der Waals surface area contributed by atoms with Gasteiger partial charge in [-0.1, -0.05) is 52.3 Å². The molecule has 0 bridgehead atoms. The average molecular weight is 492 g/mol. The van der Waals surface area contributed by atoms with Crippen molar-refractivity contribution in [3.63, 3.8) is 0 Å². The van der Waals surface area contributed by atoms with E-state index in [1.807, 2.05) is 18.9 Å². The van der Waals surface area contributed by atoms with E-state index in [-0.39, 0.29) is 38.6 Å². The molecule has 0 radical (unpaired) electrons. The highest BCUT2D eigenvalue weighted by molar-refractivity contribution is 6.06. The highest BCUT2D eigenvalue weighted by atomic mass is 16.3.